The quantitative estimate of drug-likeness (QED) is 0.135. The Morgan fingerprint density at radius 1 is 0.875 bits per heavy atom. The molecule has 0 unspecified atom stereocenters. The van der Waals surface area contributed by atoms with Crippen molar-refractivity contribution in [2.75, 3.05) is 17.4 Å². The van der Waals surface area contributed by atoms with Gasteiger partial charge in [0.15, 0.2) is 0 Å². The molecule has 0 spiro atoms. The molecule has 0 aromatic heterocycles. The first kappa shape index (κ1) is 36.7. The van der Waals surface area contributed by atoms with Gasteiger partial charge < -0.3 is 10.2 Å². The van der Waals surface area contributed by atoms with E-state index in [1.807, 2.05) is 37.3 Å². The van der Waals surface area contributed by atoms with Crippen molar-refractivity contribution >= 4 is 43.5 Å². The number of carbonyl (C=O) groups excluding carboxylic acids is 2. The van der Waals surface area contributed by atoms with Gasteiger partial charge in [-0.05, 0) is 66.9 Å². The fourth-order valence-electron chi connectivity index (χ4n) is 5.05. The Hall–Kier alpha value is -4.16. The summed E-state index contributed by atoms with van der Waals surface area (Å²) >= 11 is 3.40. The minimum Gasteiger partial charge on any atom is -0.354 e. The number of nitrogens with zero attached hydrogens (tertiary/aromatic N) is 2. The van der Waals surface area contributed by atoms with Gasteiger partial charge in [-0.15, -0.1) is 0 Å². The van der Waals surface area contributed by atoms with Crippen molar-refractivity contribution in [1.82, 2.24) is 10.2 Å². The number of nitrogens with one attached hydrogen (secondary N) is 1. The van der Waals surface area contributed by atoms with Crippen LogP contribution < -0.4 is 9.62 Å². The first-order chi connectivity index (χ1) is 22.8. The van der Waals surface area contributed by atoms with E-state index in [-0.39, 0.29) is 23.5 Å². The van der Waals surface area contributed by atoms with E-state index in [1.54, 1.807) is 43.3 Å². The Bertz CT molecular complexity index is 1790. The largest absolute Gasteiger partial charge is 0.416 e. The zero-order chi connectivity index (χ0) is 34.9. The predicted molar refractivity (Wildman–Crippen MR) is 184 cm³/mol. The van der Waals surface area contributed by atoms with E-state index in [1.165, 1.54) is 23.1 Å². The standard InChI is InChI=1S/C36H37BrF3N3O4S/c1-3-4-21-41-35(45)33(22-27-9-6-5-7-10-27)42(24-28-15-17-30(37)18-16-28)34(44)25-43(31-12-8-11-29(23-31)36(38,39)40)48(46,47)32-19-13-26(2)14-20-32/h5-20,23,33H,3-4,21-22,24-25H2,1-2H3,(H,41,45)/t33-/m1/s1. The molecule has 254 valence electrons. The first-order valence-electron chi connectivity index (χ1n) is 15.4. The summed E-state index contributed by atoms with van der Waals surface area (Å²) < 4.78 is 71.1. The summed E-state index contributed by atoms with van der Waals surface area (Å²) in [7, 11) is -4.55. The zero-order valence-corrected chi connectivity index (χ0v) is 29.0. The Morgan fingerprint density at radius 3 is 2.17 bits per heavy atom. The van der Waals surface area contributed by atoms with Crippen LogP contribution in [0, 0.1) is 6.92 Å². The highest BCUT2D eigenvalue weighted by Crippen LogP contribution is 2.33. The predicted octanol–water partition coefficient (Wildman–Crippen LogP) is 7.53. The van der Waals surface area contributed by atoms with Crippen LogP contribution in [0.25, 0.3) is 0 Å². The van der Waals surface area contributed by atoms with Gasteiger partial charge in [-0.2, -0.15) is 13.2 Å². The van der Waals surface area contributed by atoms with Crippen molar-refractivity contribution in [2.45, 2.75) is 56.8 Å². The molecule has 48 heavy (non-hydrogen) atoms. The topological polar surface area (TPSA) is 86.8 Å². The molecule has 0 saturated carbocycles. The van der Waals surface area contributed by atoms with E-state index in [9.17, 15) is 31.2 Å². The van der Waals surface area contributed by atoms with E-state index in [4.69, 9.17) is 0 Å². The molecule has 2 amide bonds. The highest BCUT2D eigenvalue weighted by molar-refractivity contribution is 9.10. The molecule has 0 fully saturated rings. The van der Waals surface area contributed by atoms with Gasteiger partial charge in [-0.1, -0.05) is 95.5 Å². The highest BCUT2D eigenvalue weighted by Gasteiger charge is 2.36. The lowest BCUT2D eigenvalue weighted by atomic mass is 10.0. The second-order valence-corrected chi connectivity index (χ2v) is 14.1. The van der Waals surface area contributed by atoms with Crippen molar-refractivity contribution in [2.24, 2.45) is 0 Å². The minimum atomic E-state index is -4.76. The van der Waals surface area contributed by atoms with Crippen molar-refractivity contribution < 1.29 is 31.2 Å². The van der Waals surface area contributed by atoms with E-state index in [2.05, 4.69) is 21.2 Å². The van der Waals surface area contributed by atoms with Gasteiger partial charge in [0.1, 0.15) is 12.6 Å². The Morgan fingerprint density at radius 2 is 1.54 bits per heavy atom. The molecule has 4 aromatic carbocycles. The lowest BCUT2D eigenvalue weighted by Gasteiger charge is -2.34. The Labute approximate surface area is 287 Å². The van der Waals surface area contributed by atoms with Crippen molar-refractivity contribution in [3.05, 3.63) is 130 Å². The van der Waals surface area contributed by atoms with Crippen molar-refractivity contribution in [3.63, 3.8) is 0 Å². The highest BCUT2D eigenvalue weighted by atomic mass is 79.9. The number of amides is 2. The van der Waals surface area contributed by atoms with E-state index >= 15 is 0 Å². The molecule has 7 nitrogen and oxygen atoms in total. The molecule has 0 aliphatic rings. The molecule has 4 rings (SSSR count). The van der Waals surface area contributed by atoms with Gasteiger partial charge >= 0.3 is 6.18 Å². The van der Waals surface area contributed by atoms with Gasteiger partial charge in [-0.3, -0.25) is 13.9 Å². The van der Waals surface area contributed by atoms with Gasteiger partial charge in [0.2, 0.25) is 11.8 Å². The van der Waals surface area contributed by atoms with Crippen LogP contribution in [0.15, 0.2) is 112 Å². The van der Waals surface area contributed by atoms with Gasteiger partial charge in [0.05, 0.1) is 16.1 Å². The van der Waals surface area contributed by atoms with E-state index in [0.717, 1.165) is 34.2 Å². The summed E-state index contributed by atoms with van der Waals surface area (Å²) in [6, 6.07) is 24.8. The number of carbonyl (C=O) groups is 2. The third-order valence-corrected chi connectivity index (χ3v) is 10.0. The van der Waals surface area contributed by atoms with Crippen LogP contribution in [-0.2, 0) is 38.8 Å². The normalized spacial score (nSPS) is 12.3. The van der Waals surface area contributed by atoms with Crippen LogP contribution in [-0.4, -0.2) is 44.3 Å². The van der Waals surface area contributed by atoms with Crippen LogP contribution in [0.1, 0.15) is 42.0 Å². The number of sulfonamides is 1. The summed E-state index contributed by atoms with van der Waals surface area (Å²) in [5, 5.41) is 2.91. The SMILES string of the molecule is CCCCNC(=O)[C@@H](Cc1ccccc1)N(Cc1ccc(Br)cc1)C(=O)CN(c1cccc(C(F)(F)F)c1)S(=O)(=O)c1ccc(C)cc1. The second kappa shape index (κ2) is 16.3. The monoisotopic (exact) mass is 743 g/mol. The maximum Gasteiger partial charge on any atom is 0.416 e. The lowest BCUT2D eigenvalue weighted by Crippen LogP contribution is -2.53. The number of unbranched alkanes of at least 4 members (excludes halogenated alkanes) is 1. The molecule has 0 aliphatic heterocycles. The summed E-state index contributed by atoms with van der Waals surface area (Å²) in [5.74, 6) is -1.19. The summed E-state index contributed by atoms with van der Waals surface area (Å²) in [5.41, 5.74) is 0.797. The maximum absolute atomic E-state index is 14.5. The molecular weight excluding hydrogens is 707 g/mol. The molecule has 0 heterocycles. The van der Waals surface area contributed by atoms with Gasteiger partial charge in [-0.25, -0.2) is 8.42 Å². The Balaban J connectivity index is 1.83. The fraction of sp³-hybridized carbons (Fsp3) is 0.278. The number of hydrogen-bond acceptors (Lipinski definition) is 4. The number of halogens is 4. The summed E-state index contributed by atoms with van der Waals surface area (Å²) in [6.07, 6.45) is -3.10. The number of rotatable bonds is 14. The van der Waals surface area contributed by atoms with Crippen LogP contribution in [0.4, 0.5) is 18.9 Å². The zero-order valence-electron chi connectivity index (χ0n) is 26.6. The number of alkyl halides is 3. The Kier molecular flexibility index (Phi) is 12.4. The smallest absolute Gasteiger partial charge is 0.354 e. The number of hydrogen-bond donors (Lipinski definition) is 1. The lowest BCUT2D eigenvalue weighted by molar-refractivity contribution is -0.140. The van der Waals surface area contributed by atoms with Crippen LogP contribution in [0.5, 0.6) is 0 Å². The molecule has 4 aromatic rings. The number of benzene rings is 4. The molecule has 1 N–H and O–H groups in total. The second-order valence-electron chi connectivity index (χ2n) is 11.4. The first-order valence-corrected chi connectivity index (χ1v) is 17.6. The molecule has 0 radical (unpaired) electrons. The fourth-order valence-corrected chi connectivity index (χ4v) is 6.72. The van der Waals surface area contributed by atoms with Crippen LogP contribution in [0.2, 0.25) is 0 Å². The minimum absolute atomic E-state index is 0.0637. The maximum atomic E-state index is 14.5. The van der Waals surface area contributed by atoms with Gasteiger partial charge in [0, 0.05) is 24.0 Å². The average Bonchev–Trinajstić information content (AvgIpc) is 3.06. The molecule has 0 saturated heterocycles. The van der Waals surface area contributed by atoms with Gasteiger partial charge in [0.25, 0.3) is 10.0 Å². The van der Waals surface area contributed by atoms with Crippen molar-refractivity contribution in [3.8, 4) is 0 Å². The molecule has 0 aliphatic carbocycles. The third kappa shape index (κ3) is 9.70. The molecule has 1 atom stereocenters. The van der Waals surface area contributed by atoms with E-state index in [0.29, 0.717) is 28.9 Å². The molecule has 0 bridgehead atoms. The third-order valence-electron chi connectivity index (χ3n) is 7.72. The number of aryl methyl sites for hydroxylation is 1. The molecular formula is C36H37BrF3N3O4S. The number of anilines is 1. The van der Waals surface area contributed by atoms with Crippen LogP contribution >= 0.6 is 15.9 Å². The van der Waals surface area contributed by atoms with Crippen molar-refractivity contribution in [1.29, 1.82) is 0 Å². The van der Waals surface area contributed by atoms with Crippen LogP contribution in [0.3, 0.4) is 0 Å². The summed E-state index contributed by atoms with van der Waals surface area (Å²) in [6.45, 7) is 3.20. The summed E-state index contributed by atoms with van der Waals surface area (Å²) in [4.78, 5) is 29.4. The average molecular weight is 745 g/mol. The van der Waals surface area contributed by atoms with E-state index < -0.39 is 46.2 Å². The molecule has 12 heteroatoms.